The number of allylic oxidation sites excluding steroid dienone is 1. The van der Waals surface area contributed by atoms with E-state index in [4.69, 9.17) is 4.74 Å². The average Bonchev–Trinajstić information content (AvgIpc) is 2.70. The maximum atomic E-state index is 12.2. The van der Waals surface area contributed by atoms with Crippen molar-refractivity contribution >= 4 is 34.5 Å². The lowest BCUT2D eigenvalue weighted by molar-refractivity contribution is 0.101. The van der Waals surface area contributed by atoms with Crippen LogP contribution in [0.3, 0.4) is 0 Å². The van der Waals surface area contributed by atoms with Crippen molar-refractivity contribution in [2.75, 3.05) is 0 Å². The van der Waals surface area contributed by atoms with E-state index in [-0.39, 0.29) is 11.5 Å². The molecule has 0 spiro atoms. The summed E-state index contributed by atoms with van der Waals surface area (Å²) in [5.74, 6) is 0.985. The van der Waals surface area contributed by atoms with Gasteiger partial charge in [-0.1, -0.05) is 12.1 Å². The van der Waals surface area contributed by atoms with Crippen LogP contribution in [0.15, 0.2) is 48.2 Å². The Bertz CT molecular complexity index is 687. The van der Waals surface area contributed by atoms with Crippen molar-refractivity contribution in [3.63, 3.8) is 0 Å². The smallest absolute Gasteiger partial charge is 0.232 e. The van der Waals surface area contributed by atoms with Gasteiger partial charge in [0.25, 0.3) is 0 Å². The predicted octanol–water partition coefficient (Wildman–Crippen LogP) is 3.61. The molecule has 0 atom stereocenters. The molecule has 94 valence electrons. The molecule has 1 N–H and O–H groups in total. The molecule has 0 amide bonds. The summed E-state index contributed by atoms with van der Waals surface area (Å²) in [6.07, 6.45) is 1.68. The van der Waals surface area contributed by atoms with Crippen LogP contribution in [0.25, 0.3) is 6.08 Å². The Labute approximate surface area is 123 Å². The zero-order chi connectivity index (χ0) is 13.4. The maximum Gasteiger partial charge on any atom is 0.232 e. The van der Waals surface area contributed by atoms with Gasteiger partial charge < -0.3 is 9.84 Å². The van der Waals surface area contributed by atoms with Crippen molar-refractivity contribution in [1.29, 1.82) is 0 Å². The molecule has 0 saturated heterocycles. The molecule has 3 rings (SSSR count). The molecule has 0 radical (unpaired) electrons. The molecule has 1 aliphatic rings. The highest BCUT2D eigenvalue weighted by molar-refractivity contribution is 14.1. The number of hydrogen-bond acceptors (Lipinski definition) is 3. The van der Waals surface area contributed by atoms with Crippen LogP contribution in [0.1, 0.15) is 15.9 Å². The second kappa shape index (κ2) is 4.70. The Morgan fingerprint density at radius 2 is 1.84 bits per heavy atom. The summed E-state index contributed by atoms with van der Waals surface area (Å²) in [4.78, 5) is 12.2. The maximum absolute atomic E-state index is 12.2. The van der Waals surface area contributed by atoms with Gasteiger partial charge in [-0.2, -0.15) is 0 Å². The highest BCUT2D eigenvalue weighted by atomic mass is 127. The van der Waals surface area contributed by atoms with Crippen molar-refractivity contribution < 1.29 is 14.6 Å². The van der Waals surface area contributed by atoms with Gasteiger partial charge in [-0.05, 0) is 64.6 Å². The first kappa shape index (κ1) is 12.2. The molecule has 2 aromatic carbocycles. The highest BCUT2D eigenvalue weighted by Gasteiger charge is 2.27. The number of phenols is 1. The van der Waals surface area contributed by atoms with Crippen LogP contribution in [-0.2, 0) is 0 Å². The fourth-order valence-electron chi connectivity index (χ4n) is 1.88. The summed E-state index contributed by atoms with van der Waals surface area (Å²) < 4.78 is 6.55. The molecule has 0 fully saturated rings. The molecule has 4 heteroatoms. The standard InChI is InChI=1S/C15H9IO3/c16-10-3-6-13-12(8-10)15(18)14(19-13)7-9-1-4-11(17)5-2-9/h1-8,17H/b14-7+. The molecule has 1 aliphatic heterocycles. The van der Waals surface area contributed by atoms with E-state index in [0.717, 1.165) is 9.13 Å². The van der Waals surface area contributed by atoms with E-state index in [1.165, 1.54) is 0 Å². The minimum Gasteiger partial charge on any atom is -0.508 e. The van der Waals surface area contributed by atoms with E-state index in [9.17, 15) is 9.90 Å². The molecule has 2 aromatic rings. The number of carbonyl (C=O) groups is 1. The Morgan fingerprint density at radius 3 is 2.58 bits per heavy atom. The number of hydrogen-bond donors (Lipinski definition) is 1. The number of ketones is 1. The minimum absolute atomic E-state index is 0.110. The molecular weight excluding hydrogens is 355 g/mol. The van der Waals surface area contributed by atoms with Gasteiger partial charge in [0.2, 0.25) is 5.78 Å². The van der Waals surface area contributed by atoms with Crippen molar-refractivity contribution in [1.82, 2.24) is 0 Å². The third-order valence-corrected chi connectivity index (χ3v) is 3.49. The number of rotatable bonds is 1. The third kappa shape index (κ3) is 2.35. The Hall–Kier alpha value is -1.82. The van der Waals surface area contributed by atoms with Crippen LogP contribution in [0.4, 0.5) is 0 Å². The average molecular weight is 364 g/mol. The first-order chi connectivity index (χ1) is 9.13. The van der Waals surface area contributed by atoms with Gasteiger partial charge in [0.15, 0.2) is 5.76 Å². The molecule has 3 nitrogen and oxygen atoms in total. The van der Waals surface area contributed by atoms with E-state index in [0.29, 0.717) is 17.1 Å². The number of fused-ring (bicyclic) bond motifs is 1. The Morgan fingerprint density at radius 1 is 1.11 bits per heavy atom. The largest absolute Gasteiger partial charge is 0.508 e. The number of halogens is 1. The summed E-state index contributed by atoms with van der Waals surface area (Å²) in [6, 6.07) is 12.1. The quantitative estimate of drug-likeness (QED) is 0.621. The predicted molar refractivity (Wildman–Crippen MR) is 80.2 cm³/mol. The fraction of sp³-hybridized carbons (Fsp3) is 0. The van der Waals surface area contributed by atoms with Gasteiger partial charge in [0.05, 0.1) is 5.56 Å². The number of carbonyl (C=O) groups excluding carboxylic acids is 1. The van der Waals surface area contributed by atoms with E-state index >= 15 is 0 Å². The van der Waals surface area contributed by atoms with Crippen LogP contribution in [0.2, 0.25) is 0 Å². The lowest BCUT2D eigenvalue weighted by atomic mass is 10.1. The monoisotopic (exact) mass is 364 g/mol. The zero-order valence-electron chi connectivity index (χ0n) is 9.76. The lowest BCUT2D eigenvalue weighted by Crippen LogP contribution is -1.98. The van der Waals surface area contributed by atoms with Crippen LogP contribution < -0.4 is 4.74 Å². The van der Waals surface area contributed by atoms with E-state index in [2.05, 4.69) is 22.6 Å². The van der Waals surface area contributed by atoms with Gasteiger partial charge in [-0.3, -0.25) is 4.79 Å². The second-order valence-electron chi connectivity index (χ2n) is 4.17. The zero-order valence-corrected chi connectivity index (χ0v) is 11.9. The fourth-order valence-corrected chi connectivity index (χ4v) is 2.37. The van der Waals surface area contributed by atoms with Crippen LogP contribution in [-0.4, -0.2) is 10.9 Å². The summed E-state index contributed by atoms with van der Waals surface area (Å²) >= 11 is 2.16. The van der Waals surface area contributed by atoms with Gasteiger partial charge in [-0.15, -0.1) is 0 Å². The Kier molecular flexibility index (Phi) is 3.02. The van der Waals surface area contributed by atoms with Gasteiger partial charge in [-0.25, -0.2) is 0 Å². The van der Waals surface area contributed by atoms with Gasteiger partial charge in [0, 0.05) is 3.57 Å². The number of ether oxygens (including phenoxy) is 1. The van der Waals surface area contributed by atoms with Crippen molar-refractivity contribution in [2.45, 2.75) is 0 Å². The van der Waals surface area contributed by atoms with Crippen LogP contribution in [0, 0.1) is 3.57 Å². The summed E-state index contributed by atoms with van der Waals surface area (Å²) in [7, 11) is 0. The topological polar surface area (TPSA) is 46.5 Å². The van der Waals surface area contributed by atoms with Gasteiger partial charge in [0.1, 0.15) is 11.5 Å². The SMILES string of the molecule is O=C1/C(=C\c2ccc(O)cc2)Oc2ccc(I)cc21. The summed E-state index contributed by atoms with van der Waals surface area (Å²) in [5, 5.41) is 9.22. The van der Waals surface area contributed by atoms with Crippen molar-refractivity contribution in [2.24, 2.45) is 0 Å². The third-order valence-electron chi connectivity index (χ3n) is 2.82. The molecule has 0 aromatic heterocycles. The number of Topliss-reactive ketones (excluding diaryl/α,β-unsaturated/α-hetero) is 1. The lowest BCUT2D eigenvalue weighted by Gasteiger charge is -1.98. The van der Waals surface area contributed by atoms with E-state index in [1.54, 1.807) is 36.4 Å². The van der Waals surface area contributed by atoms with E-state index < -0.39 is 0 Å². The highest BCUT2D eigenvalue weighted by Crippen LogP contribution is 2.32. The molecule has 0 bridgehead atoms. The van der Waals surface area contributed by atoms with Crippen LogP contribution in [0.5, 0.6) is 11.5 Å². The molecule has 0 saturated carbocycles. The first-order valence-corrected chi connectivity index (χ1v) is 6.74. The Balaban J connectivity index is 1.97. The van der Waals surface area contributed by atoms with Crippen LogP contribution >= 0.6 is 22.6 Å². The number of benzene rings is 2. The normalized spacial score (nSPS) is 15.4. The summed E-state index contributed by atoms with van der Waals surface area (Å²) in [6.45, 7) is 0. The molecule has 0 aliphatic carbocycles. The minimum atomic E-state index is -0.110. The first-order valence-electron chi connectivity index (χ1n) is 5.66. The molecule has 19 heavy (non-hydrogen) atoms. The van der Waals surface area contributed by atoms with E-state index in [1.807, 2.05) is 12.1 Å². The number of aromatic hydroxyl groups is 1. The van der Waals surface area contributed by atoms with Crippen molar-refractivity contribution in [3.05, 3.63) is 62.9 Å². The molecule has 0 unspecified atom stereocenters. The molecular formula is C15H9IO3. The summed E-state index contributed by atoms with van der Waals surface area (Å²) in [5.41, 5.74) is 1.40. The molecule has 1 heterocycles. The van der Waals surface area contributed by atoms with Gasteiger partial charge >= 0.3 is 0 Å². The second-order valence-corrected chi connectivity index (χ2v) is 5.42. The number of phenolic OH excluding ortho intramolecular Hbond substituents is 1. The van der Waals surface area contributed by atoms with Crippen molar-refractivity contribution in [3.8, 4) is 11.5 Å².